The molecule has 5 heteroatoms. The minimum atomic E-state index is -0.0968. The van der Waals surface area contributed by atoms with Gasteiger partial charge in [0.05, 0.1) is 23.0 Å². The first-order chi connectivity index (χ1) is 9.70. The molecular formula is C15H17N3OS. The molecule has 2 heterocycles. The van der Waals surface area contributed by atoms with Gasteiger partial charge in [-0.15, -0.1) is 11.3 Å². The van der Waals surface area contributed by atoms with E-state index in [-0.39, 0.29) is 6.04 Å². The van der Waals surface area contributed by atoms with Crippen LogP contribution in [0, 0.1) is 0 Å². The molecule has 3 aromatic rings. The summed E-state index contributed by atoms with van der Waals surface area (Å²) in [6.07, 6.45) is 0.696. The Morgan fingerprint density at radius 2 is 2.15 bits per heavy atom. The maximum absolute atomic E-state index is 6.32. The molecule has 0 aliphatic rings. The zero-order valence-electron chi connectivity index (χ0n) is 11.5. The summed E-state index contributed by atoms with van der Waals surface area (Å²) in [6, 6.07) is 9.98. The lowest BCUT2D eigenvalue weighted by Crippen LogP contribution is -2.15. The topological polar surface area (TPSA) is 53.1 Å². The van der Waals surface area contributed by atoms with E-state index in [4.69, 9.17) is 10.5 Å². The molecule has 104 valence electrons. The maximum Gasteiger partial charge on any atom is 0.134 e. The number of fused-ring (bicyclic) bond motifs is 1. The first kappa shape index (κ1) is 13.1. The molecule has 2 N–H and O–H groups in total. The van der Waals surface area contributed by atoms with Crippen molar-refractivity contribution in [1.82, 2.24) is 9.55 Å². The molecule has 0 aliphatic heterocycles. The third kappa shape index (κ3) is 2.19. The van der Waals surface area contributed by atoms with Gasteiger partial charge in [-0.2, -0.15) is 0 Å². The van der Waals surface area contributed by atoms with Crippen LogP contribution in [0.4, 0.5) is 0 Å². The molecule has 0 spiro atoms. The Morgan fingerprint density at radius 1 is 1.35 bits per heavy atom. The fraction of sp³-hybridized carbons (Fsp3) is 0.267. The Labute approximate surface area is 121 Å². The van der Waals surface area contributed by atoms with Gasteiger partial charge in [0.25, 0.3) is 0 Å². The third-order valence-corrected chi connectivity index (χ3v) is 4.53. The van der Waals surface area contributed by atoms with Gasteiger partial charge >= 0.3 is 0 Å². The van der Waals surface area contributed by atoms with Crippen molar-refractivity contribution in [2.45, 2.75) is 12.5 Å². The number of hydrogen-bond acceptors (Lipinski definition) is 4. The monoisotopic (exact) mass is 287 g/mol. The molecule has 1 atom stereocenters. The highest BCUT2D eigenvalue weighted by molar-refractivity contribution is 7.10. The number of benzene rings is 1. The molecule has 1 unspecified atom stereocenters. The molecule has 3 rings (SSSR count). The number of nitrogens with two attached hydrogens (primary N) is 1. The number of para-hydroxylation sites is 2. The number of aryl methyl sites for hydroxylation is 1. The van der Waals surface area contributed by atoms with Crippen molar-refractivity contribution in [3.8, 4) is 5.75 Å². The molecule has 0 radical (unpaired) electrons. The lowest BCUT2D eigenvalue weighted by atomic mass is 10.1. The van der Waals surface area contributed by atoms with Crippen LogP contribution in [0.3, 0.4) is 0 Å². The summed E-state index contributed by atoms with van der Waals surface area (Å²) in [5, 5.41) is 2.00. The fourth-order valence-electron chi connectivity index (χ4n) is 2.42. The number of imidazole rings is 1. The number of rotatable bonds is 4. The Kier molecular flexibility index (Phi) is 3.46. The molecule has 0 saturated carbocycles. The van der Waals surface area contributed by atoms with Gasteiger partial charge in [-0.3, -0.25) is 0 Å². The second kappa shape index (κ2) is 5.26. The molecule has 0 saturated heterocycles. The van der Waals surface area contributed by atoms with E-state index in [2.05, 4.69) is 15.6 Å². The molecule has 4 nitrogen and oxygen atoms in total. The second-order valence-corrected chi connectivity index (χ2v) is 5.69. The second-order valence-electron chi connectivity index (χ2n) is 4.74. The molecule has 0 aliphatic carbocycles. The minimum absolute atomic E-state index is 0.0968. The van der Waals surface area contributed by atoms with Crippen LogP contribution in [-0.4, -0.2) is 16.7 Å². The van der Waals surface area contributed by atoms with Crippen molar-refractivity contribution in [1.29, 1.82) is 0 Å². The average molecular weight is 287 g/mol. The Balaban J connectivity index is 1.91. The number of ether oxygens (including phenoxy) is 1. The van der Waals surface area contributed by atoms with E-state index in [1.54, 1.807) is 18.4 Å². The van der Waals surface area contributed by atoms with Crippen LogP contribution in [0.2, 0.25) is 0 Å². The molecule has 20 heavy (non-hydrogen) atoms. The predicted octanol–water partition coefficient (Wildman–Crippen LogP) is 2.89. The van der Waals surface area contributed by atoms with Crippen molar-refractivity contribution >= 4 is 22.4 Å². The van der Waals surface area contributed by atoms with E-state index in [9.17, 15) is 0 Å². The van der Waals surface area contributed by atoms with Gasteiger partial charge in [-0.25, -0.2) is 4.98 Å². The fourth-order valence-corrected chi connectivity index (χ4v) is 3.28. The van der Waals surface area contributed by atoms with Gasteiger partial charge < -0.3 is 15.0 Å². The van der Waals surface area contributed by atoms with Crippen LogP contribution in [0.15, 0.2) is 35.7 Å². The molecular weight excluding hydrogens is 270 g/mol. The van der Waals surface area contributed by atoms with Crippen LogP contribution in [0.25, 0.3) is 11.0 Å². The summed E-state index contributed by atoms with van der Waals surface area (Å²) >= 11 is 1.63. The van der Waals surface area contributed by atoms with Crippen LogP contribution < -0.4 is 10.5 Å². The Morgan fingerprint density at radius 3 is 2.90 bits per heavy atom. The lowest BCUT2D eigenvalue weighted by molar-refractivity contribution is 0.408. The van der Waals surface area contributed by atoms with Crippen LogP contribution in [0.5, 0.6) is 5.75 Å². The van der Waals surface area contributed by atoms with E-state index in [0.29, 0.717) is 6.42 Å². The van der Waals surface area contributed by atoms with E-state index in [1.165, 1.54) is 0 Å². The van der Waals surface area contributed by atoms with E-state index < -0.39 is 0 Å². The largest absolute Gasteiger partial charge is 0.496 e. The maximum atomic E-state index is 6.32. The third-order valence-electron chi connectivity index (χ3n) is 3.50. The Hall–Kier alpha value is -1.85. The number of thiophene rings is 1. The van der Waals surface area contributed by atoms with E-state index in [1.807, 2.05) is 36.7 Å². The highest BCUT2D eigenvalue weighted by Crippen LogP contribution is 2.31. The van der Waals surface area contributed by atoms with E-state index >= 15 is 0 Å². The first-order valence-electron chi connectivity index (χ1n) is 6.48. The summed E-state index contributed by atoms with van der Waals surface area (Å²) in [6.45, 7) is 0. The van der Waals surface area contributed by atoms with Crippen LogP contribution >= 0.6 is 11.3 Å². The summed E-state index contributed by atoms with van der Waals surface area (Å²) in [7, 11) is 3.70. The molecule has 0 bridgehead atoms. The molecule has 0 fully saturated rings. The first-order valence-corrected chi connectivity index (χ1v) is 7.36. The number of aromatic nitrogens is 2. The molecule has 0 amide bonds. The SMILES string of the molecule is COc1ccsc1C(N)Cc1nc2ccccc2n1C. The van der Waals surface area contributed by atoms with Crippen molar-refractivity contribution in [2.24, 2.45) is 12.8 Å². The predicted molar refractivity (Wildman–Crippen MR) is 82.2 cm³/mol. The summed E-state index contributed by atoms with van der Waals surface area (Å²) in [5.41, 5.74) is 8.46. The summed E-state index contributed by atoms with van der Waals surface area (Å²) in [4.78, 5) is 5.73. The van der Waals surface area contributed by atoms with Crippen molar-refractivity contribution < 1.29 is 4.74 Å². The average Bonchev–Trinajstić information content (AvgIpc) is 3.05. The number of methoxy groups -OCH3 is 1. The van der Waals surface area contributed by atoms with Crippen molar-refractivity contribution in [2.75, 3.05) is 7.11 Å². The van der Waals surface area contributed by atoms with E-state index in [0.717, 1.165) is 27.5 Å². The number of hydrogen-bond donors (Lipinski definition) is 1. The van der Waals surface area contributed by atoms with Gasteiger partial charge in [0.15, 0.2) is 0 Å². The van der Waals surface area contributed by atoms with Gasteiger partial charge in [0.1, 0.15) is 11.6 Å². The van der Waals surface area contributed by atoms with Gasteiger partial charge in [-0.1, -0.05) is 12.1 Å². The zero-order valence-corrected chi connectivity index (χ0v) is 12.4. The lowest BCUT2D eigenvalue weighted by Gasteiger charge is -2.11. The van der Waals surface area contributed by atoms with Crippen LogP contribution in [-0.2, 0) is 13.5 Å². The molecule has 2 aromatic heterocycles. The summed E-state index contributed by atoms with van der Waals surface area (Å²) < 4.78 is 7.44. The minimum Gasteiger partial charge on any atom is -0.496 e. The van der Waals surface area contributed by atoms with Crippen LogP contribution in [0.1, 0.15) is 16.7 Å². The van der Waals surface area contributed by atoms with Gasteiger partial charge in [0, 0.05) is 19.5 Å². The quantitative estimate of drug-likeness (QED) is 0.802. The van der Waals surface area contributed by atoms with Crippen molar-refractivity contribution in [3.05, 3.63) is 46.4 Å². The Bertz CT molecular complexity index is 732. The standard InChI is InChI=1S/C15H17N3OS/c1-18-12-6-4-3-5-11(12)17-14(18)9-10(16)15-13(19-2)7-8-20-15/h3-8,10H,9,16H2,1-2H3. The van der Waals surface area contributed by atoms with Crippen molar-refractivity contribution in [3.63, 3.8) is 0 Å². The smallest absolute Gasteiger partial charge is 0.134 e. The normalized spacial score (nSPS) is 12.8. The zero-order chi connectivity index (χ0) is 14.1. The van der Waals surface area contributed by atoms with Gasteiger partial charge in [-0.05, 0) is 23.6 Å². The van der Waals surface area contributed by atoms with Gasteiger partial charge in [0.2, 0.25) is 0 Å². The highest BCUT2D eigenvalue weighted by Gasteiger charge is 2.17. The molecule has 1 aromatic carbocycles. The summed E-state index contributed by atoms with van der Waals surface area (Å²) in [5.74, 6) is 1.86. The highest BCUT2D eigenvalue weighted by atomic mass is 32.1. The number of nitrogens with zero attached hydrogens (tertiary/aromatic N) is 2.